The van der Waals surface area contributed by atoms with Gasteiger partial charge in [-0.15, -0.1) is 10.2 Å². The summed E-state index contributed by atoms with van der Waals surface area (Å²) < 4.78 is 7.68. The Morgan fingerprint density at radius 2 is 2.15 bits per heavy atom. The van der Waals surface area contributed by atoms with Crippen LogP contribution in [0.5, 0.6) is 0 Å². The van der Waals surface area contributed by atoms with Crippen molar-refractivity contribution in [3.8, 4) is 0 Å². The predicted molar refractivity (Wildman–Crippen MR) is 80.3 cm³/mol. The van der Waals surface area contributed by atoms with Crippen LogP contribution in [0.1, 0.15) is 50.4 Å². The molecule has 1 aromatic heterocycles. The van der Waals surface area contributed by atoms with E-state index in [0.29, 0.717) is 18.0 Å². The van der Waals surface area contributed by atoms with E-state index in [4.69, 9.17) is 4.74 Å². The number of ether oxygens (including phenoxy) is 1. The number of hydrogen-bond donors (Lipinski definition) is 1. The first-order valence-corrected chi connectivity index (χ1v) is 8.62. The molecule has 0 amide bonds. The van der Waals surface area contributed by atoms with Crippen molar-refractivity contribution >= 4 is 11.8 Å². The predicted octanol–water partition coefficient (Wildman–Crippen LogP) is 2.21. The van der Waals surface area contributed by atoms with Crippen molar-refractivity contribution in [1.82, 2.24) is 20.1 Å². The van der Waals surface area contributed by atoms with Crippen molar-refractivity contribution < 1.29 is 4.74 Å². The topological polar surface area (TPSA) is 52.0 Å². The molecule has 6 heteroatoms. The lowest BCUT2D eigenvalue weighted by atomic mass is 10.3. The Bertz CT molecular complexity index is 436. The van der Waals surface area contributed by atoms with E-state index in [0.717, 1.165) is 24.1 Å². The van der Waals surface area contributed by atoms with E-state index in [-0.39, 0.29) is 0 Å². The largest absolute Gasteiger partial charge is 0.383 e. The number of likely N-dealkylation sites (N-methyl/N-ethyl adjacent to an activating group) is 1. The molecule has 3 rings (SSSR count). The molecule has 20 heavy (non-hydrogen) atoms. The van der Waals surface area contributed by atoms with Crippen LogP contribution in [0, 0.1) is 0 Å². The maximum atomic E-state index is 5.27. The second kappa shape index (κ2) is 6.45. The summed E-state index contributed by atoms with van der Waals surface area (Å²) in [6, 6.07) is 1.05. The molecule has 0 saturated heterocycles. The molecule has 1 atom stereocenters. The van der Waals surface area contributed by atoms with Crippen molar-refractivity contribution in [3.05, 3.63) is 5.82 Å². The van der Waals surface area contributed by atoms with Gasteiger partial charge in [-0.2, -0.15) is 0 Å². The fraction of sp³-hybridized carbons (Fsp3) is 0.857. The average Bonchev–Trinajstić information content (AvgIpc) is 3.35. The average molecular weight is 296 g/mol. The summed E-state index contributed by atoms with van der Waals surface area (Å²) >= 11 is 1.82. The monoisotopic (exact) mass is 296 g/mol. The van der Waals surface area contributed by atoms with Gasteiger partial charge in [-0.25, -0.2) is 0 Å². The van der Waals surface area contributed by atoms with Crippen LogP contribution in [0.3, 0.4) is 0 Å². The maximum Gasteiger partial charge on any atom is 0.191 e. The zero-order valence-corrected chi connectivity index (χ0v) is 13.2. The number of aromatic nitrogens is 3. The standard InChI is InChI=1S/C14H24N4OS/c1-3-15-11(8-19-2)9-20-14-17-16-13(10-4-5-10)18(14)12-6-7-12/h10-12,15H,3-9H2,1-2H3. The van der Waals surface area contributed by atoms with Gasteiger partial charge in [0.05, 0.1) is 6.61 Å². The molecule has 0 aromatic carbocycles. The summed E-state index contributed by atoms with van der Waals surface area (Å²) in [5.41, 5.74) is 0. The van der Waals surface area contributed by atoms with Gasteiger partial charge in [0.2, 0.25) is 0 Å². The van der Waals surface area contributed by atoms with Gasteiger partial charge in [-0.05, 0) is 32.2 Å². The molecule has 0 bridgehead atoms. The van der Waals surface area contributed by atoms with Gasteiger partial charge in [0, 0.05) is 30.9 Å². The minimum absolute atomic E-state index is 0.378. The number of methoxy groups -OCH3 is 1. The van der Waals surface area contributed by atoms with E-state index < -0.39 is 0 Å². The summed E-state index contributed by atoms with van der Waals surface area (Å²) in [6.07, 6.45) is 5.17. The number of hydrogen-bond acceptors (Lipinski definition) is 5. The third-order valence-corrected chi connectivity index (χ3v) is 4.93. The highest BCUT2D eigenvalue weighted by Crippen LogP contribution is 2.45. The second-order valence-electron chi connectivity index (χ2n) is 5.74. The summed E-state index contributed by atoms with van der Waals surface area (Å²) in [5, 5.41) is 13.4. The lowest BCUT2D eigenvalue weighted by molar-refractivity contribution is 0.174. The molecule has 1 unspecified atom stereocenters. The van der Waals surface area contributed by atoms with E-state index >= 15 is 0 Å². The number of nitrogens with zero attached hydrogens (tertiary/aromatic N) is 3. The molecule has 112 valence electrons. The molecule has 5 nitrogen and oxygen atoms in total. The van der Waals surface area contributed by atoms with E-state index in [1.807, 2.05) is 11.8 Å². The van der Waals surface area contributed by atoms with Crippen molar-refractivity contribution in [1.29, 1.82) is 0 Å². The van der Waals surface area contributed by atoms with Crippen molar-refractivity contribution in [2.45, 2.75) is 55.8 Å². The van der Waals surface area contributed by atoms with E-state index in [2.05, 4.69) is 27.0 Å². The van der Waals surface area contributed by atoms with Crippen LogP contribution in [0.15, 0.2) is 5.16 Å². The Morgan fingerprint density at radius 3 is 2.75 bits per heavy atom. The van der Waals surface area contributed by atoms with Crippen LogP contribution < -0.4 is 5.32 Å². The van der Waals surface area contributed by atoms with Gasteiger partial charge < -0.3 is 14.6 Å². The fourth-order valence-electron chi connectivity index (χ4n) is 2.51. The summed E-state index contributed by atoms with van der Waals surface area (Å²) in [5.74, 6) is 2.90. The highest BCUT2D eigenvalue weighted by Gasteiger charge is 2.36. The van der Waals surface area contributed by atoms with Crippen LogP contribution in [0.4, 0.5) is 0 Å². The SMILES string of the molecule is CCNC(COC)CSc1nnc(C2CC2)n1C1CC1. The lowest BCUT2D eigenvalue weighted by Gasteiger charge is -2.16. The van der Waals surface area contributed by atoms with Crippen LogP contribution in [0.2, 0.25) is 0 Å². The van der Waals surface area contributed by atoms with E-state index in [9.17, 15) is 0 Å². The smallest absolute Gasteiger partial charge is 0.191 e. The molecule has 1 heterocycles. The van der Waals surface area contributed by atoms with Gasteiger partial charge in [-0.1, -0.05) is 18.7 Å². The van der Waals surface area contributed by atoms with Gasteiger partial charge in [0.15, 0.2) is 5.16 Å². The number of nitrogens with one attached hydrogen (secondary N) is 1. The molecular weight excluding hydrogens is 272 g/mol. The van der Waals surface area contributed by atoms with Gasteiger partial charge >= 0.3 is 0 Å². The fourth-order valence-corrected chi connectivity index (χ4v) is 3.56. The van der Waals surface area contributed by atoms with Crippen molar-refractivity contribution in [3.63, 3.8) is 0 Å². The first kappa shape index (κ1) is 14.4. The molecular formula is C14H24N4OS. The zero-order valence-electron chi connectivity index (χ0n) is 12.3. The van der Waals surface area contributed by atoms with E-state index in [1.165, 1.54) is 31.5 Å². The van der Waals surface area contributed by atoms with Crippen molar-refractivity contribution in [2.75, 3.05) is 26.0 Å². The maximum absolute atomic E-state index is 5.27. The van der Waals surface area contributed by atoms with Gasteiger partial charge in [0.1, 0.15) is 5.82 Å². The Balaban J connectivity index is 1.64. The quantitative estimate of drug-likeness (QED) is 0.708. The normalized spacial score (nSPS) is 20.3. The molecule has 0 aliphatic heterocycles. The summed E-state index contributed by atoms with van der Waals surface area (Å²) in [7, 11) is 1.76. The molecule has 2 aliphatic rings. The lowest BCUT2D eigenvalue weighted by Crippen LogP contribution is -2.35. The van der Waals surface area contributed by atoms with Crippen LogP contribution in [0.25, 0.3) is 0 Å². The number of thioether (sulfide) groups is 1. The molecule has 2 fully saturated rings. The molecule has 2 aliphatic carbocycles. The highest BCUT2D eigenvalue weighted by atomic mass is 32.2. The third-order valence-electron chi connectivity index (χ3n) is 3.82. The Kier molecular flexibility index (Phi) is 4.63. The van der Waals surface area contributed by atoms with Crippen LogP contribution >= 0.6 is 11.8 Å². The van der Waals surface area contributed by atoms with Gasteiger partial charge in [0.25, 0.3) is 0 Å². The van der Waals surface area contributed by atoms with Crippen LogP contribution in [-0.2, 0) is 4.74 Å². The molecule has 1 N–H and O–H groups in total. The Labute approximate surface area is 124 Å². The summed E-state index contributed by atoms with van der Waals surface area (Å²) in [4.78, 5) is 0. The molecule has 2 saturated carbocycles. The van der Waals surface area contributed by atoms with Crippen molar-refractivity contribution in [2.24, 2.45) is 0 Å². The first-order chi connectivity index (χ1) is 9.83. The van der Waals surface area contributed by atoms with Gasteiger partial charge in [-0.3, -0.25) is 0 Å². The van der Waals surface area contributed by atoms with E-state index in [1.54, 1.807) is 7.11 Å². The summed E-state index contributed by atoms with van der Waals surface area (Å²) in [6.45, 7) is 3.84. The minimum atomic E-state index is 0.378. The Morgan fingerprint density at radius 1 is 1.35 bits per heavy atom. The molecule has 0 spiro atoms. The molecule has 0 radical (unpaired) electrons. The molecule has 1 aromatic rings. The van der Waals surface area contributed by atoms with Crippen LogP contribution in [-0.4, -0.2) is 46.8 Å². The highest BCUT2D eigenvalue weighted by molar-refractivity contribution is 7.99. The Hall–Kier alpha value is -0.590. The second-order valence-corrected chi connectivity index (χ2v) is 6.72. The minimum Gasteiger partial charge on any atom is -0.383 e. The third kappa shape index (κ3) is 3.35. The number of rotatable bonds is 9. The first-order valence-electron chi connectivity index (χ1n) is 7.63. The zero-order chi connectivity index (χ0) is 13.9.